The summed E-state index contributed by atoms with van der Waals surface area (Å²) >= 11 is 0. The van der Waals surface area contributed by atoms with Gasteiger partial charge in [-0.2, -0.15) is 0 Å². The van der Waals surface area contributed by atoms with Crippen molar-refractivity contribution in [1.29, 1.82) is 0 Å². The van der Waals surface area contributed by atoms with Crippen LogP contribution in [0.15, 0.2) is 0 Å². The molecular formula is C14H25N3O3. The second-order valence-corrected chi connectivity index (χ2v) is 6.36. The van der Waals surface area contributed by atoms with Gasteiger partial charge in [0.05, 0.1) is 19.3 Å². The standard InChI is InChI=1S/C14H25N3O3/c1-11(2)7-16-9-12-8-15(3-4-17(12)14(16)18)10-13-19-5-6-20-13/h11-13H,3-10H2,1-2H3. The van der Waals surface area contributed by atoms with Crippen LogP contribution in [0.4, 0.5) is 4.79 Å². The molecule has 0 aliphatic carbocycles. The van der Waals surface area contributed by atoms with Gasteiger partial charge in [-0.25, -0.2) is 4.79 Å². The van der Waals surface area contributed by atoms with Crippen molar-refractivity contribution in [1.82, 2.24) is 14.7 Å². The number of fused-ring (bicyclic) bond motifs is 1. The van der Waals surface area contributed by atoms with E-state index in [1.165, 1.54) is 0 Å². The van der Waals surface area contributed by atoms with Crippen molar-refractivity contribution >= 4 is 6.03 Å². The highest BCUT2D eigenvalue weighted by molar-refractivity contribution is 5.77. The Labute approximate surface area is 120 Å². The Morgan fingerprint density at radius 2 is 1.95 bits per heavy atom. The summed E-state index contributed by atoms with van der Waals surface area (Å²) in [5, 5.41) is 0. The molecule has 3 heterocycles. The first-order chi connectivity index (χ1) is 9.63. The zero-order valence-corrected chi connectivity index (χ0v) is 12.5. The molecule has 0 spiro atoms. The van der Waals surface area contributed by atoms with Crippen LogP contribution in [0.25, 0.3) is 0 Å². The summed E-state index contributed by atoms with van der Waals surface area (Å²) in [5.41, 5.74) is 0. The number of carbonyl (C=O) groups is 1. The Bertz CT molecular complexity index is 358. The lowest BCUT2D eigenvalue weighted by molar-refractivity contribution is -0.0685. The highest BCUT2D eigenvalue weighted by Gasteiger charge is 2.41. The van der Waals surface area contributed by atoms with Crippen LogP contribution in [0.2, 0.25) is 0 Å². The molecule has 0 bridgehead atoms. The van der Waals surface area contributed by atoms with Crippen molar-refractivity contribution < 1.29 is 14.3 Å². The summed E-state index contributed by atoms with van der Waals surface area (Å²) < 4.78 is 11.0. The van der Waals surface area contributed by atoms with Crippen LogP contribution in [0.1, 0.15) is 13.8 Å². The van der Waals surface area contributed by atoms with E-state index in [1.54, 1.807) is 0 Å². The number of ether oxygens (including phenoxy) is 2. The summed E-state index contributed by atoms with van der Waals surface area (Å²) in [7, 11) is 0. The highest BCUT2D eigenvalue weighted by atomic mass is 16.7. The van der Waals surface area contributed by atoms with E-state index >= 15 is 0 Å². The molecule has 2 amide bonds. The molecule has 6 nitrogen and oxygen atoms in total. The molecule has 20 heavy (non-hydrogen) atoms. The van der Waals surface area contributed by atoms with Crippen molar-refractivity contribution in [2.75, 3.05) is 52.5 Å². The quantitative estimate of drug-likeness (QED) is 0.751. The number of carbonyl (C=O) groups excluding carboxylic acids is 1. The van der Waals surface area contributed by atoms with Crippen molar-refractivity contribution in [3.8, 4) is 0 Å². The number of hydrogen-bond acceptors (Lipinski definition) is 4. The number of amides is 2. The zero-order chi connectivity index (χ0) is 14.1. The molecule has 0 aromatic heterocycles. The van der Waals surface area contributed by atoms with Crippen LogP contribution < -0.4 is 0 Å². The molecule has 1 atom stereocenters. The van der Waals surface area contributed by atoms with Gasteiger partial charge in [0.25, 0.3) is 0 Å². The fourth-order valence-corrected chi connectivity index (χ4v) is 3.32. The second kappa shape index (κ2) is 5.87. The molecule has 3 aliphatic rings. The molecular weight excluding hydrogens is 258 g/mol. The summed E-state index contributed by atoms with van der Waals surface area (Å²) in [4.78, 5) is 18.7. The molecule has 3 rings (SSSR count). The maximum atomic E-state index is 12.3. The van der Waals surface area contributed by atoms with E-state index in [2.05, 4.69) is 18.7 Å². The lowest BCUT2D eigenvalue weighted by Gasteiger charge is -2.36. The molecule has 1 unspecified atom stereocenters. The first-order valence-corrected chi connectivity index (χ1v) is 7.64. The minimum Gasteiger partial charge on any atom is -0.349 e. The maximum Gasteiger partial charge on any atom is 0.320 e. The van der Waals surface area contributed by atoms with Crippen LogP contribution in [0.3, 0.4) is 0 Å². The van der Waals surface area contributed by atoms with Crippen molar-refractivity contribution in [3.05, 3.63) is 0 Å². The molecule has 0 aromatic carbocycles. The largest absolute Gasteiger partial charge is 0.349 e. The van der Waals surface area contributed by atoms with Crippen LogP contribution in [-0.4, -0.2) is 85.5 Å². The second-order valence-electron chi connectivity index (χ2n) is 6.36. The van der Waals surface area contributed by atoms with E-state index in [1.807, 2.05) is 9.80 Å². The average molecular weight is 283 g/mol. The molecule has 0 aromatic rings. The zero-order valence-electron chi connectivity index (χ0n) is 12.5. The highest BCUT2D eigenvalue weighted by Crippen LogP contribution is 2.22. The van der Waals surface area contributed by atoms with Gasteiger partial charge in [-0.05, 0) is 5.92 Å². The minimum absolute atomic E-state index is 0.0783. The monoisotopic (exact) mass is 283 g/mol. The van der Waals surface area contributed by atoms with Crippen LogP contribution in [0, 0.1) is 5.92 Å². The Morgan fingerprint density at radius 3 is 2.65 bits per heavy atom. The molecule has 6 heteroatoms. The predicted molar refractivity (Wildman–Crippen MR) is 74.4 cm³/mol. The third-order valence-electron chi connectivity index (χ3n) is 4.20. The summed E-state index contributed by atoms with van der Waals surface area (Å²) in [6, 6.07) is 0.549. The van der Waals surface area contributed by atoms with Gasteiger partial charge in [0.15, 0.2) is 6.29 Å². The Balaban J connectivity index is 1.54. The average Bonchev–Trinajstić information content (AvgIpc) is 2.99. The van der Waals surface area contributed by atoms with E-state index in [0.717, 1.165) is 39.3 Å². The molecule has 3 saturated heterocycles. The van der Waals surface area contributed by atoms with Crippen molar-refractivity contribution in [3.63, 3.8) is 0 Å². The third kappa shape index (κ3) is 2.92. The summed E-state index contributed by atoms with van der Waals surface area (Å²) in [5.74, 6) is 0.525. The molecule has 3 fully saturated rings. The number of hydrogen-bond donors (Lipinski definition) is 0. The normalized spacial score (nSPS) is 28.8. The van der Waals surface area contributed by atoms with Gasteiger partial charge in [0.1, 0.15) is 0 Å². The molecule has 0 radical (unpaired) electrons. The Hall–Kier alpha value is -0.850. The lowest BCUT2D eigenvalue weighted by Crippen LogP contribution is -2.53. The summed E-state index contributed by atoms with van der Waals surface area (Å²) in [6.45, 7) is 10.9. The van der Waals surface area contributed by atoms with Gasteiger partial charge < -0.3 is 19.3 Å². The van der Waals surface area contributed by atoms with Gasteiger partial charge in [-0.1, -0.05) is 13.8 Å². The van der Waals surface area contributed by atoms with Crippen LogP contribution in [-0.2, 0) is 9.47 Å². The van der Waals surface area contributed by atoms with Gasteiger partial charge in [-0.3, -0.25) is 4.90 Å². The van der Waals surface area contributed by atoms with Crippen molar-refractivity contribution in [2.45, 2.75) is 26.2 Å². The maximum absolute atomic E-state index is 12.3. The van der Waals surface area contributed by atoms with Gasteiger partial charge in [-0.15, -0.1) is 0 Å². The topological polar surface area (TPSA) is 45.2 Å². The van der Waals surface area contributed by atoms with Gasteiger partial charge in [0.2, 0.25) is 0 Å². The molecule has 3 aliphatic heterocycles. The molecule has 0 saturated carbocycles. The van der Waals surface area contributed by atoms with E-state index < -0.39 is 0 Å². The fourth-order valence-electron chi connectivity index (χ4n) is 3.32. The number of piperazine rings is 1. The number of urea groups is 1. The smallest absolute Gasteiger partial charge is 0.320 e. The first-order valence-electron chi connectivity index (χ1n) is 7.64. The SMILES string of the molecule is CC(C)CN1CC2CN(CC3OCCO3)CCN2C1=O. The fraction of sp³-hybridized carbons (Fsp3) is 0.929. The first kappa shape index (κ1) is 14.1. The summed E-state index contributed by atoms with van der Waals surface area (Å²) in [6.07, 6.45) is -0.0783. The Kier molecular flexibility index (Phi) is 4.14. The van der Waals surface area contributed by atoms with E-state index in [-0.39, 0.29) is 12.3 Å². The number of rotatable bonds is 4. The molecule has 114 valence electrons. The Morgan fingerprint density at radius 1 is 1.20 bits per heavy atom. The van der Waals surface area contributed by atoms with Gasteiger partial charge in [0, 0.05) is 39.3 Å². The van der Waals surface area contributed by atoms with Gasteiger partial charge >= 0.3 is 6.03 Å². The van der Waals surface area contributed by atoms with Crippen molar-refractivity contribution in [2.24, 2.45) is 5.92 Å². The van der Waals surface area contributed by atoms with E-state index in [0.29, 0.717) is 25.2 Å². The third-order valence-corrected chi connectivity index (χ3v) is 4.20. The predicted octanol–water partition coefficient (Wildman–Crippen LogP) is 0.437. The van der Waals surface area contributed by atoms with E-state index in [4.69, 9.17) is 9.47 Å². The van der Waals surface area contributed by atoms with E-state index in [9.17, 15) is 4.79 Å². The lowest BCUT2D eigenvalue weighted by atomic mass is 10.2. The van der Waals surface area contributed by atoms with Crippen LogP contribution >= 0.6 is 0 Å². The number of nitrogens with zero attached hydrogens (tertiary/aromatic N) is 3. The van der Waals surface area contributed by atoms with Crippen LogP contribution in [0.5, 0.6) is 0 Å². The minimum atomic E-state index is -0.0783. The molecule has 0 N–H and O–H groups in total.